The van der Waals surface area contributed by atoms with Crippen LogP contribution in [0.1, 0.15) is 29.5 Å². The predicted octanol–water partition coefficient (Wildman–Crippen LogP) is 0.854. The van der Waals surface area contributed by atoms with Crippen LogP contribution in [-0.2, 0) is 9.53 Å². The summed E-state index contributed by atoms with van der Waals surface area (Å²) < 4.78 is 9.48. The van der Waals surface area contributed by atoms with Gasteiger partial charge in [-0.25, -0.2) is 0 Å². The lowest BCUT2D eigenvalue weighted by molar-refractivity contribution is -0.141. The lowest BCUT2D eigenvalue weighted by atomic mass is 10.0. The fourth-order valence-electron chi connectivity index (χ4n) is 1.38. The first-order valence-electron chi connectivity index (χ1n) is 4.31. The summed E-state index contributed by atoms with van der Waals surface area (Å²) in [6, 6.07) is -0.409. The lowest BCUT2D eigenvalue weighted by Crippen LogP contribution is -2.17. The summed E-state index contributed by atoms with van der Waals surface area (Å²) in [6.07, 6.45) is 0.138. The van der Waals surface area contributed by atoms with Gasteiger partial charge >= 0.3 is 5.97 Å². The zero-order valence-corrected chi connectivity index (χ0v) is 8.53. The first-order valence-corrected chi connectivity index (χ1v) is 4.31. The van der Waals surface area contributed by atoms with Crippen molar-refractivity contribution in [1.29, 1.82) is 0 Å². The number of aryl methyl sites for hydroxylation is 2. The van der Waals surface area contributed by atoms with E-state index in [1.165, 1.54) is 7.11 Å². The van der Waals surface area contributed by atoms with E-state index in [1.54, 1.807) is 13.8 Å². The van der Waals surface area contributed by atoms with Crippen molar-refractivity contribution < 1.29 is 14.1 Å². The first kappa shape index (κ1) is 10.7. The number of methoxy groups -OCH3 is 1. The molecule has 1 rings (SSSR count). The van der Waals surface area contributed by atoms with Crippen LogP contribution in [0.15, 0.2) is 4.52 Å². The van der Waals surface area contributed by atoms with E-state index >= 15 is 0 Å². The molecule has 1 atom stereocenters. The minimum absolute atomic E-state index is 0.138. The molecule has 5 heteroatoms. The zero-order valence-electron chi connectivity index (χ0n) is 8.53. The Hall–Kier alpha value is -1.36. The Morgan fingerprint density at radius 3 is 2.71 bits per heavy atom. The average molecular weight is 198 g/mol. The number of ether oxygens (including phenoxy) is 1. The third-order valence-electron chi connectivity index (χ3n) is 2.07. The molecule has 1 aromatic rings. The van der Waals surface area contributed by atoms with E-state index in [-0.39, 0.29) is 12.4 Å². The molecule has 78 valence electrons. The average Bonchev–Trinajstić information content (AvgIpc) is 2.46. The molecule has 5 nitrogen and oxygen atoms in total. The topological polar surface area (TPSA) is 78.4 Å². The van der Waals surface area contributed by atoms with Gasteiger partial charge in [-0.2, -0.15) is 0 Å². The highest BCUT2D eigenvalue weighted by molar-refractivity contribution is 5.70. The SMILES string of the molecule is COC(=O)CC(N)c1c(C)noc1C. The lowest BCUT2D eigenvalue weighted by Gasteiger charge is -2.08. The largest absolute Gasteiger partial charge is 0.469 e. The van der Waals surface area contributed by atoms with Gasteiger partial charge in [-0.15, -0.1) is 0 Å². The first-order chi connectivity index (χ1) is 6.56. The molecule has 0 aliphatic carbocycles. The summed E-state index contributed by atoms with van der Waals surface area (Å²) in [6.45, 7) is 3.56. The van der Waals surface area contributed by atoms with Crippen LogP contribution in [0.25, 0.3) is 0 Å². The molecule has 14 heavy (non-hydrogen) atoms. The van der Waals surface area contributed by atoms with Crippen LogP contribution in [0.3, 0.4) is 0 Å². The van der Waals surface area contributed by atoms with Gasteiger partial charge in [0.15, 0.2) is 0 Å². The molecular weight excluding hydrogens is 184 g/mol. The molecular formula is C9H14N2O3. The van der Waals surface area contributed by atoms with E-state index in [1.807, 2.05) is 0 Å². The van der Waals surface area contributed by atoms with E-state index in [0.29, 0.717) is 5.76 Å². The number of carbonyl (C=O) groups excluding carboxylic acids is 1. The Kier molecular flexibility index (Phi) is 3.24. The Bertz CT molecular complexity index is 313. The van der Waals surface area contributed by atoms with Gasteiger partial charge in [-0.3, -0.25) is 4.79 Å². The number of nitrogens with two attached hydrogens (primary N) is 1. The number of nitrogens with zero attached hydrogens (tertiary/aromatic N) is 1. The van der Waals surface area contributed by atoms with Gasteiger partial charge in [0, 0.05) is 11.6 Å². The summed E-state index contributed by atoms with van der Waals surface area (Å²) >= 11 is 0. The van der Waals surface area contributed by atoms with Crippen LogP contribution < -0.4 is 5.73 Å². The zero-order chi connectivity index (χ0) is 10.7. The minimum Gasteiger partial charge on any atom is -0.469 e. The van der Waals surface area contributed by atoms with Gasteiger partial charge in [0.25, 0.3) is 0 Å². The van der Waals surface area contributed by atoms with Crippen molar-refractivity contribution in [1.82, 2.24) is 5.16 Å². The van der Waals surface area contributed by atoms with Gasteiger partial charge in [-0.05, 0) is 13.8 Å². The molecule has 0 saturated heterocycles. The molecule has 0 aromatic carbocycles. The second kappa shape index (κ2) is 4.23. The molecule has 0 fully saturated rings. The maximum absolute atomic E-state index is 11.0. The quantitative estimate of drug-likeness (QED) is 0.728. The second-order valence-corrected chi connectivity index (χ2v) is 3.12. The van der Waals surface area contributed by atoms with Crippen LogP contribution in [0.5, 0.6) is 0 Å². The van der Waals surface area contributed by atoms with E-state index in [0.717, 1.165) is 11.3 Å². The molecule has 0 aliphatic heterocycles. The van der Waals surface area contributed by atoms with Crippen LogP contribution in [0.2, 0.25) is 0 Å². The number of rotatable bonds is 3. The maximum atomic E-state index is 11.0. The summed E-state index contributed by atoms with van der Waals surface area (Å²) in [7, 11) is 1.34. The number of hydrogen-bond acceptors (Lipinski definition) is 5. The molecule has 1 heterocycles. The van der Waals surface area contributed by atoms with Crippen molar-refractivity contribution >= 4 is 5.97 Å². The highest BCUT2D eigenvalue weighted by Crippen LogP contribution is 2.21. The standard InChI is InChI=1S/C9H14N2O3/c1-5-9(6(2)14-11-5)7(10)4-8(12)13-3/h7H,4,10H2,1-3H3. The van der Waals surface area contributed by atoms with Gasteiger partial charge in [-0.1, -0.05) is 5.16 Å². The fraction of sp³-hybridized carbons (Fsp3) is 0.556. The highest BCUT2D eigenvalue weighted by atomic mass is 16.5. The molecule has 2 N–H and O–H groups in total. The van der Waals surface area contributed by atoms with Gasteiger partial charge < -0.3 is 15.0 Å². The summed E-state index contributed by atoms with van der Waals surface area (Å²) in [5.41, 5.74) is 7.33. The minimum atomic E-state index is -0.409. The van der Waals surface area contributed by atoms with Crippen molar-refractivity contribution in [2.75, 3.05) is 7.11 Å². The normalized spacial score (nSPS) is 12.6. The molecule has 0 spiro atoms. The Morgan fingerprint density at radius 1 is 1.64 bits per heavy atom. The molecule has 0 amide bonds. The van der Waals surface area contributed by atoms with Crippen molar-refractivity contribution in [2.24, 2.45) is 5.73 Å². The van der Waals surface area contributed by atoms with Crippen molar-refractivity contribution in [3.8, 4) is 0 Å². The van der Waals surface area contributed by atoms with Crippen LogP contribution in [0.4, 0.5) is 0 Å². The number of esters is 1. The number of aromatic nitrogens is 1. The smallest absolute Gasteiger partial charge is 0.307 e. The Labute approximate surface area is 82.2 Å². The maximum Gasteiger partial charge on any atom is 0.307 e. The molecule has 0 aliphatic rings. The van der Waals surface area contributed by atoms with E-state index in [4.69, 9.17) is 10.3 Å². The molecule has 0 saturated carbocycles. The fourth-order valence-corrected chi connectivity index (χ4v) is 1.38. The van der Waals surface area contributed by atoms with Crippen LogP contribution >= 0.6 is 0 Å². The van der Waals surface area contributed by atoms with Crippen LogP contribution in [0, 0.1) is 13.8 Å². The summed E-state index contributed by atoms with van der Waals surface area (Å²) in [4.78, 5) is 11.0. The van der Waals surface area contributed by atoms with Crippen LogP contribution in [-0.4, -0.2) is 18.2 Å². The van der Waals surface area contributed by atoms with Crippen molar-refractivity contribution in [2.45, 2.75) is 26.3 Å². The molecule has 1 aromatic heterocycles. The van der Waals surface area contributed by atoms with E-state index in [2.05, 4.69) is 9.89 Å². The molecule has 1 unspecified atom stereocenters. The molecule has 0 radical (unpaired) electrons. The summed E-state index contributed by atoms with van der Waals surface area (Å²) in [5.74, 6) is 0.316. The Balaban J connectivity index is 2.78. The van der Waals surface area contributed by atoms with Gasteiger partial charge in [0.05, 0.1) is 19.2 Å². The van der Waals surface area contributed by atoms with E-state index < -0.39 is 6.04 Å². The van der Waals surface area contributed by atoms with E-state index in [9.17, 15) is 4.79 Å². The number of hydrogen-bond donors (Lipinski definition) is 1. The summed E-state index contributed by atoms with van der Waals surface area (Å²) in [5, 5.41) is 3.76. The van der Waals surface area contributed by atoms with Gasteiger partial charge in [0.1, 0.15) is 5.76 Å². The third kappa shape index (κ3) is 2.11. The third-order valence-corrected chi connectivity index (χ3v) is 2.07. The Morgan fingerprint density at radius 2 is 2.29 bits per heavy atom. The van der Waals surface area contributed by atoms with Crippen molar-refractivity contribution in [3.05, 3.63) is 17.0 Å². The highest BCUT2D eigenvalue weighted by Gasteiger charge is 2.19. The second-order valence-electron chi connectivity index (χ2n) is 3.12. The van der Waals surface area contributed by atoms with Gasteiger partial charge in [0.2, 0.25) is 0 Å². The number of carbonyl (C=O) groups is 1. The van der Waals surface area contributed by atoms with Crippen molar-refractivity contribution in [3.63, 3.8) is 0 Å². The predicted molar refractivity (Wildman–Crippen MR) is 49.5 cm³/mol. The molecule has 0 bridgehead atoms. The monoisotopic (exact) mass is 198 g/mol.